The molecule has 0 fully saturated rings. The van der Waals surface area contributed by atoms with Gasteiger partial charge in [0.05, 0.1) is 17.7 Å². The Kier molecular flexibility index (Phi) is 6.03. The highest BCUT2D eigenvalue weighted by molar-refractivity contribution is 5.98. The molecule has 0 radical (unpaired) electrons. The molecule has 1 amide bonds. The zero-order valence-corrected chi connectivity index (χ0v) is 17.5. The number of hydrogen-bond acceptors (Lipinski definition) is 3. The molecule has 0 bridgehead atoms. The van der Waals surface area contributed by atoms with Crippen molar-refractivity contribution in [1.82, 2.24) is 15.2 Å². The number of hydrogen-bond donors (Lipinski definition) is 2. The summed E-state index contributed by atoms with van der Waals surface area (Å²) in [5.41, 5.74) is 3.92. The van der Waals surface area contributed by atoms with Crippen molar-refractivity contribution < 1.29 is 9.18 Å². The maximum absolute atomic E-state index is 13.4. The fourth-order valence-electron chi connectivity index (χ4n) is 4.16. The molecule has 2 aromatic carbocycles. The molecule has 1 heterocycles. The Morgan fingerprint density at radius 1 is 1.29 bits per heavy atom. The second-order valence-electron chi connectivity index (χ2n) is 7.82. The summed E-state index contributed by atoms with van der Waals surface area (Å²) in [6, 6.07) is 15.9. The van der Waals surface area contributed by atoms with E-state index in [2.05, 4.69) is 22.4 Å². The molecule has 5 nitrogen and oxygen atoms in total. The molecule has 31 heavy (non-hydrogen) atoms. The molecule has 0 spiro atoms. The number of aromatic nitrogens is 1. The predicted molar refractivity (Wildman–Crippen MR) is 119 cm³/mol. The molecule has 1 aromatic heterocycles. The Labute approximate surface area is 181 Å². The number of likely N-dealkylation sites (N-methyl/N-ethyl adjacent to an activating group) is 1. The maximum atomic E-state index is 13.4. The van der Waals surface area contributed by atoms with Gasteiger partial charge in [-0.25, -0.2) is 4.39 Å². The van der Waals surface area contributed by atoms with Crippen molar-refractivity contribution >= 4 is 16.8 Å². The van der Waals surface area contributed by atoms with E-state index < -0.39 is 0 Å². The van der Waals surface area contributed by atoms with Crippen LogP contribution in [-0.4, -0.2) is 28.4 Å². The van der Waals surface area contributed by atoms with E-state index in [-0.39, 0.29) is 17.8 Å². The van der Waals surface area contributed by atoms with E-state index in [4.69, 9.17) is 5.26 Å². The first-order chi connectivity index (χ1) is 15.1. The van der Waals surface area contributed by atoms with Gasteiger partial charge in [0.25, 0.3) is 5.91 Å². The normalized spacial score (nSPS) is 15.9. The number of fused-ring (bicyclic) bond motifs is 1. The summed E-state index contributed by atoms with van der Waals surface area (Å²) in [5.74, 6) is -0.289. The zero-order chi connectivity index (χ0) is 21.8. The van der Waals surface area contributed by atoms with Crippen molar-refractivity contribution in [2.75, 3.05) is 6.54 Å². The molecule has 0 saturated heterocycles. The Balaban J connectivity index is 1.50. The van der Waals surface area contributed by atoms with Crippen molar-refractivity contribution in [3.8, 4) is 6.07 Å². The number of aromatic amines is 1. The molecule has 1 aliphatic rings. The van der Waals surface area contributed by atoms with Crippen LogP contribution in [0.3, 0.4) is 0 Å². The molecule has 0 saturated carbocycles. The first kappa shape index (κ1) is 20.7. The average molecular weight is 417 g/mol. The number of nitriles is 1. The number of amides is 1. The highest BCUT2D eigenvalue weighted by Crippen LogP contribution is 2.24. The van der Waals surface area contributed by atoms with Gasteiger partial charge in [-0.1, -0.05) is 12.1 Å². The van der Waals surface area contributed by atoms with E-state index in [1.54, 1.807) is 18.2 Å². The standard InChI is InChI=1S/C25H25FN4O/c1-2-30(25(31)24-13-19-11-17(15-27)9-10-23(19)29-24)22-8-4-7-21(14-22)28-16-18-5-3-6-20(26)12-18/h3,5-6,9-14,22,28-29H,2,4,7-8,16H2,1H3/t22-/m0/s1. The van der Waals surface area contributed by atoms with Crippen LogP contribution < -0.4 is 5.32 Å². The number of carbonyl (C=O) groups is 1. The fraction of sp³-hybridized carbons (Fsp3) is 0.280. The summed E-state index contributed by atoms with van der Waals surface area (Å²) in [5, 5.41) is 13.4. The third-order valence-electron chi connectivity index (χ3n) is 5.73. The maximum Gasteiger partial charge on any atom is 0.270 e. The molecule has 1 atom stereocenters. The summed E-state index contributed by atoms with van der Waals surface area (Å²) in [6.07, 6.45) is 4.93. The van der Waals surface area contributed by atoms with Gasteiger partial charge in [0.15, 0.2) is 0 Å². The Morgan fingerprint density at radius 3 is 2.94 bits per heavy atom. The van der Waals surface area contributed by atoms with Crippen LogP contribution in [0.25, 0.3) is 10.9 Å². The lowest BCUT2D eigenvalue weighted by atomic mass is 9.98. The van der Waals surface area contributed by atoms with Crippen molar-refractivity contribution in [1.29, 1.82) is 5.26 Å². The van der Waals surface area contributed by atoms with Gasteiger partial charge in [-0.05, 0) is 74.2 Å². The van der Waals surface area contributed by atoms with Crippen molar-refractivity contribution in [2.45, 2.75) is 38.8 Å². The highest BCUT2D eigenvalue weighted by Gasteiger charge is 2.25. The van der Waals surface area contributed by atoms with Crippen LogP contribution >= 0.6 is 0 Å². The SMILES string of the molecule is CCN(C(=O)c1cc2cc(C#N)ccc2[nH]1)[C@@H]1C=C(NCc2cccc(F)c2)CCC1. The molecular weight excluding hydrogens is 391 g/mol. The van der Waals surface area contributed by atoms with E-state index in [0.29, 0.717) is 24.3 Å². The number of allylic oxidation sites excluding steroid dienone is 1. The van der Waals surface area contributed by atoms with Crippen molar-refractivity contribution in [3.63, 3.8) is 0 Å². The molecule has 4 rings (SSSR count). The smallest absolute Gasteiger partial charge is 0.270 e. The summed E-state index contributed by atoms with van der Waals surface area (Å²) < 4.78 is 13.4. The van der Waals surface area contributed by atoms with E-state index in [9.17, 15) is 9.18 Å². The van der Waals surface area contributed by atoms with Gasteiger partial charge in [0, 0.05) is 29.7 Å². The fourth-order valence-corrected chi connectivity index (χ4v) is 4.16. The predicted octanol–water partition coefficient (Wildman–Crippen LogP) is 4.87. The number of halogens is 1. The third-order valence-corrected chi connectivity index (χ3v) is 5.73. The molecule has 1 aliphatic carbocycles. The van der Waals surface area contributed by atoms with Crippen LogP contribution in [-0.2, 0) is 6.54 Å². The van der Waals surface area contributed by atoms with E-state index in [0.717, 1.165) is 41.4 Å². The topological polar surface area (TPSA) is 71.9 Å². The van der Waals surface area contributed by atoms with E-state index in [1.807, 2.05) is 30.0 Å². The first-order valence-corrected chi connectivity index (χ1v) is 10.6. The second-order valence-corrected chi connectivity index (χ2v) is 7.82. The van der Waals surface area contributed by atoms with Gasteiger partial charge >= 0.3 is 0 Å². The number of rotatable bonds is 6. The summed E-state index contributed by atoms with van der Waals surface area (Å²) in [7, 11) is 0. The van der Waals surface area contributed by atoms with Gasteiger partial charge in [0.1, 0.15) is 11.5 Å². The number of nitrogens with one attached hydrogen (secondary N) is 2. The molecule has 3 aromatic rings. The summed E-state index contributed by atoms with van der Waals surface area (Å²) in [6.45, 7) is 3.13. The summed E-state index contributed by atoms with van der Waals surface area (Å²) >= 11 is 0. The Morgan fingerprint density at radius 2 is 2.16 bits per heavy atom. The minimum atomic E-state index is -0.238. The molecular formula is C25H25FN4O. The minimum absolute atomic E-state index is 0.00217. The van der Waals surface area contributed by atoms with Gasteiger partial charge in [-0.2, -0.15) is 5.26 Å². The molecule has 0 aliphatic heterocycles. The largest absolute Gasteiger partial charge is 0.384 e. The molecule has 158 valence electrons. The van der Waals surface area contributed by atoms with Crippen molar-refractivity contribution in [2.24, 2.45) is 0 Å². The van der Waals surface area contributed by atoms with Crippen LogP contribution in [0.2, 0.25) is 0 Å². The average Bonchev–Trinajstić information content (AvgIpc) is 3.22. The first-order valence-electron chi connectivity index (χ1n) is 10.6. The second kappa shape index (κ2) is 9.05. The third kappa shape index (κ3) is 4.61. The monoisotopic (exact) mass is 416 g/mol. The van der Waals surface area contributed by atoms with Gasteiger partial charge in [0.2, 0.25) is 0 Å². The molecule has 6 heteroatoms. The number of nitrogens with zero attached hydrogens (tertiary/aromatic N) is 2. The minimum Gasteiger partial charge on any atom is -0.384 e. The quantitative estimate of drug-likeness (QED) is 0.602. The lowest BCUT2D eigenvalue weighted by Gasteiger charge is -2.32. The van der Waals surface area contributed by atoms with Crippen molar-refractivity contribution in [3.05, 3.63) is 82.9 Å². The van der Waals surface area contributed by atoms with Crippen LogP contribution in [0.5, 0.6) is 0 Å². The van der Waals surface area contributed by atoms with Crippen LogP contribution in [0.4, 0.5) is 4.39 Å². The van der Waals surface area contributed by atoms with Gasteiger partial charge in [-0.3, -0.25) is 4.79 Å². The van der Waals surface area contributed by atoms with Gasteiger partial charge < -0.3 is 15.2 Å². The van der Waals surface area contributed by atoms with Crippen LogP contribution in [0.15, 0.2) is 60.3 Å². The molecule has 0 unspecified atom stereocenters. The highest BCUT2D eigenvalue weighted by atomic mass is 19.1. The van der Waals surface area contributed by atoms with Crippen LogP contribution in [0, 0.1) is 17.1 Å². The van der Waals surface area contributed by atoms with E-state index in [1.165, 1.54) is 12.1 Å². The summed E-state index contributed by atoms with van der Waals surface area (Å²) in [4.78, 5) is 18.3. The lowest BCUT2D eigenvalue weighted by molar-refractivity contribution is 0.0706. The van der Waals surface area contributed by atoms with Gasteiger partial charge in [-0.15, -0.1) is 0 Å². The molecule has 2 N–H and O–H groups in total. The van der Waals surface area contributed by atoms with Crippen LogP contribution in [0.1, 0.15) is 47.8 Å². The number of carbonyl (C=O) groups excluding carboxylic acids is 1. The number of H-pyrrole nitrogens is 1. The Bertz CT molecular complexity index is 1170. The van der Waals surface area contributed by atoms with E-state index >= 15 is 0 Å². The zero-order valence-electron chi connectivity index (χ0n) is 17.5. The number of benzene rings is 2. The Hall–Kier alpha value is -3.59. The lowest BCUT2D eigenvalue weighted by Crippen LogP contribution is -2.41.